The molecule has 3 rings (SSSR count). The van der Waals surface area contributed by atoms with Crippen molar-refractivity contribution < 1.29 is 27.4 Å². The van der Waals surface area contributed by atoms with Gasteiger partial charge in [0.25, 0.3) is 0 Å². The third kappa shape index (κ3) is 4.54. The van der Waals surface area contributed by atoms with Crippen LogP contribution in [-0.4, -0.2) is 33.9 Å². The first-order valence-electron chi connectivity index (χ1n) is 8.99. The van der Waals surface area contributed by atoms with E-state index in [2.05, 4.69) is 0 Å². The molecule has 1 aliphatic heterocycles. The van der Waals surface area contributed by atoms with Gasteiger partial charge in [-0.15, -0.1) is 0 Å². The summed E-state index contributed by atoms with van der Waals surface area (Å²) in [7, 11) is -2.21. The molecule has 0 aromatic heterocycles. The second-order valence-electron chi connectivity index (χ2n) is 6.35. The lowest BCUT2D eigenvalue weighted by Gasteiger charge is -2.10. The molecule has 0 radical (unpaired) electrons. The summed E-state index contributed by atoms with van der Waals surface area (Å²) >= 11 is 0. The van der Waals surface area contributed by atoms with E-state index in [1.54, 1.807) is 30.3 Å². The number of ether oxygens (including phenoxy) is 3. The predicted octanol–water partition coefficient (Wildman–Crippen LogP) is 4.00. The van der Waals surface area contributed by atoms with Gasteiger partial charge in [0.05, 0.1) is 24.4 Å². The molecule has 0 N–H and O–H groups in total. The minimum Gasteiger partial charge on any atom is -0.494 e. The highest BCUT2D eigenvalue weighted by atomic mass is 32.2. The maximum Gasteiger partial charge on any atom is 0.333 e. The number of fused-ring (bicyclic) bond motifs is 1. The SMILES string of the molecule is CCCOc1ccc(Oc2ccc3c(c2)C=C(C(=O)OC)CCS3(=O)=O)cc1. The van der Waals surface area contributed by atoms with Gasteiger partial charge in [-0.3, -0.25) is 0 Å². The van der Waals surface area contributed by atoms with Gasteiger partial charge in [-0.05, 0) is 66.9 Å². The molecule has 0 bridgehead atoms. The Morgan fingerprint density at radius 3 is 2.39 bits per heavy atom. The maximum atomic E-state index is 12.5. The number of rotatable bonds is 6. The van der Waals surface area contributed by atoms with Crippen LogP contribution < -0.4 is 9.47 Å². The second-order valence-corrected chi connectivity index (χ2v) is 8.43. The fourth-order valence-electron chi connectivity index (χ4n) is 2.85. The van der Waals surface area contributed by atoms with Crippen LogP contribution in [0.5, 0.6) is 17.2 Å². The number of carbonyl (C=O) groups excluding carboxylic acids is 1. The van der Waals surface area contributed by atoms with Gasteiger partial charge in [0.15, 0.2) is 9.84 Å². The first-order chi connectivity index (χ1) is 13.4. The third-order valence-electron chi connectivity index (χ3n) is 4.27. The third-order valence-corrected chi connectivity index (χ3v) is 6.05. The molecular formula is C21H22O6S. The van der Waals surface area contributed by atoms with E-state index in [1.807, 2.05) is 19.1 Å². The van der Waals surface area contributed by atoms with Gasteiger partial charge in [0.1, 0.15) is 17.2 Å². The number of benzene rings is 2. The fraction of sp³-hybridized carbons (Fsp3) is 0.286. The van der Waals surface area contributed by atoms with Crippen LogP contribution >= 0.6 is 0 Å². The van der Waals surface area contributed by atoms with E-state index in [-0.39, 0.29) is 17.1 Å². The van der Waals surface area contributed by atoms with Gasteiger partial charge < -0.3 is 14.2 Å². The average Bonchev–Trinajstić information content (AvgIpc) is 2.82. The van der Waals surface area contributed by atoms with Crippen LogP contribution in [0, 0.1) is 0 Å². The number of methoxy groups -OCH3 is 1. The van der Waals surface area contributed by atoms with Crippen molar-refractivity contribution in [3.8, 4) is 17.2 Å². The fourth-order valence-corrected chi connectivity index (χ4v) is 4.31. The zero-order chi connectivity index (χ0) is 20.1. The molecule has 2 aromatic carbocycles. The number of carbonyl (C=O) groups is 1. The van der Waals surface area contributed by atoms with Crippen molar-refractivity contribution in [2.75, 3.05) is 19.5 Å². The van der Waals surface area contributed by atoms with E-state index < -0.39 is 15.8 Å². The minimum absolute atomic E-state index is 0.110. The van der Waals surface area contributed by atoms with E-state index >= 15 is 0 Å². The van der Waals surface area contributed by atoms with Gasteiger partial charge in [-0.2, -0.15) is 0 Å². The number of hydrogen-bond donors (Lipinski definition) is 0. The zero-order valence-electron chi connectivity index (χ0n) is 15.8. The summed E-state index contributed by atoms with van der Waals surface area (Å²) in [6, 6.07) is 11.9. The summed E-state index contributed by atoms with van der Waals surface area (Å²) in [4.78, 5) is 12.1. The summed E-state index contributed by atoms with van der Waals surface area (Å²) in [5, 5.41) is 0. The summed E-state index contributed by atoms with van der Waals surface area (Å²) in [6.45, 7) is 2.68. The van der Waals surface area contributed by atoms with Crippen LogP contribution in [0.2, 0.25) is 0 Å². The Morgan fingerprint density at radius 2 is 1.71 bits per heavy atom. The zero-order valence-corrected chi connectivity index (χ0v) is 16.6. The Balaban J connectivity index is 1.88. The standard InChI is InChI=1S/C21H22O6S/c1-3-11-26-17-4-6-18(7-5-17)27-19-8-9-20-16(14-19)13-15(21(22)25-2)10-12-28(20,23)24/h4-9,13-14H,3,10-12H2,1-2H3. The maximum absolute atomic E-state index is 12.5. The van der Waals surface area contributed by atoms with E-state index in [9.17, 15) is 13.2 Å². The quantitative estimate of drug-likeness (QED) is 0.680. The van der Waals surface area contributed by atoms with Crippen LogP contribution in [0.1, 0.15) is 25.3 Å². The summed E-state index contributed by atoms with van der Waals surface area (Å²) in [5.74, 6) is 1.15. The van der Waals surface area contributed by atoms with Gasteiger partial charge in [-0.25, -0.2) is 13.2 Å². The summed E-state index contributed by atoms with van der Waals surface area (Å²) < 4.78 is 41.1. The molecule has 2 aromatic rings. The molecule has 0 unspecified atom stereocenters. The number of sulfone groups is 1. The van der Waals surface area contributed by atoms with Crippen molar-refractivity contribution in [3.63, 3.8) is 0 Å². The van der Waals surface area contributed by atoms with Gasteiger partial charge >= 0.3 is 5.97 Å². The molecular weight excluding hydrogens is 380 g/mol. The van der Waals surface area contributed by atoms with Gasteiger partial charge in [0.2, 0.25) is 0 Å². The molecule has 0 aliphatic carbocycles. The first-order valence-corrected chi connectivity index (χ1v) is 10.6. The van der Waals surface area contributed by atoms with Crippen LogP contribution in [0.15, 0.2) is 52.9 Å². The van der Waals surface area contributed by atoms with E-state index in [1.165, 1.54) is 13.2 Å². The monoisotopic (exact) mass is 402 g/mol. The Kier molecular flexibility index (Phi) is 6.04. The highest BCUT2D eigenvalue weighted by Gasteiger charge is 2.25. The summed E-state index contributed by atoms with van der Waals surface area (Å²) in [6.07, 6.45) is 2.59. The largest absolute Gasteiger partial charge is 0.494 e. The minimum atomic E-state index is -3.49. The molecule has 0 atom stereocenters. The molecule has 0 saturated carbocycles. The highest BCUT2D eigenvalue weighted by molar-refractivity contribution is 7.91. The molecule has 28 heavy (non-hydrogen) atoms. The molecule has 0 fully saturated rings. The van der Waals surface area contributed by atoms with Crippen LogP contribution in [0.4, 0.5) is 0 Å². The molecule has 0 amide bonds. The highest BCUT2D eigenvalue weighted by Crippen LogP contribution is 2.32. The van der Waals surface area contributed by atoms with Crippen molar-refractivity contribution in [2.45, 2.75) is 24.7 Å². The molecule has 7 heteroatoms. The Labute approximate surface area is 164 Å². The van der Waals surface area contributed by atoms with E-state index in [4.69, 9.17) is 14.2 Å². The molecule has 1 heterocycles. The van der Waals surface area contributed by atoms with Gasteiger partial charge in [0, 0.05) is 5.57 Å². The lowest BCUT2D eigenvalue weighted by atomic mass is 10.1. The first kappa shape index (κ1) is 19.9. The average molecular weight is 402 g/mol. The molecule has 0 saturated heterocycles. The second kappa shape index (κ2) is 8.48. The molecule has 1 aliphatic rings. The van der Waals surface area contributed by atoms with Crippen molar-refractivity contribution in [1.82, 2.24) is 0 Å². The topological polar surface area (TPSA) is 78.9 Å². The van der Waals surface area contributed by atoms with E-state index in [0.717, 1.165) is 12.2 Å². The molecule has 6 nitrogen and oxygen atoms in total. The molecule has 148 valence electrons. The smallest absolute Gasteiger partial charge is 0.333 e. The normalized spacial score (nSPS) is 15.0. The van der Waals surface area contributed by atoms with Gasteiger partial charge in [-0.1, -0.05) is 6.92 Å². The van der Waals surface area contributed by atoms with Crippen LogP contribution in [0.25, 0.3) is 6.08 Å². The number of esters is 1. The number of hydrogen-bond acceptors (Lipinski definition) is 6. The Morgan fingerprint density at radius 1 is 1.04 bits per heavy atom. The van der Waals surface area contributed by atoms with Crippen molar-refractivity contribution >= 4 is 21.9 Å². The summed E-state index contributed by atoms with van der Waals surface area (Å²) in [5.41, 5.74) is 0.734. The molecule has 0 spiro atoms. The van der Waals surface area contributed by atoms with Crippen molar-refractivity contribution in [2.24, 2.45) is 0 Å². The van der Waals surface area contributed by atoms with Crippen LogP contribution in [-0.2, 0) is 19.4 Å². The van der Waals surface area contributed by atoms with E-state index in [0.29, 0.717) is 29.2 Å². The van der Waals surface area contributed by atoms with Crippen LogP contribution in [0.3, 0.4) is 0 Å². The lowest BCUT2D eigenvalue weighted by molar-refractivity contribution is -0.136. The Bertz CT molecular complexity index is 990. The van der Waals surface area contributed by atoms with Crippen molar-refractivity contribution in [1.29, 1.82) is 0 Å². The lowest BCUT2D eigenvalue weighted by Crippen LogP contribution is -2.09. The van der Waals surface area contributed by atoms with Crippen molar-refractivity contribution in [3.05, 3.63) is 53.6 Å². The Hall–Kier alpha value is -2.80. The predicted molar refractivity (Wildman–Crippen MR) is 105 cm³/mol.